The van der Waals surface area contributed by atoms with Gasteiger partial charge in [-0.2, -0.15) is 5.26 Å². The summed E-state index contributed by atoms with van der Waals surface area (Å²) in [7, 11) is 1.99. The summed E-state index contributed by atoms with van der Waals surface area (Å²) in [5.41, 5.74) is 4.62. The second-order valence-corrected chi connectivity index (χ2v) is 8.35. The van der Waals surface area contributed by atoms with Gasteiger partial charge in [-0.05, 0) is 55.0 Å². The van der Waals surface area contributed by atoms with Crippen molar-refractivity contribution in [1.82, 2.24) is 14.5 Å². The Morgan fingerprint density at radius 3 is 2.72 bits per heavy atom. The van der Waals surface area contributed by atoms with Crippen molar-refractivity contribution in [2.75, 3.05) is 18.4 Å². The normalized spacial score (nSPS) is 14.4. The Balaban J connectivity index is 1.63. The number of aryl methyl sites for hydroxylation is 2. The van der Waals surface area contributed by atoms with Crippen LogP contribution in [0.1, 0.15) is 59.2 Å². The number of nitrogens with zero attached hydrogens (tertiary/aromatic N) is 4. The van der Waals surface area contributed by atoms with Gasteiger partial charge in [0.05, 0.1) is 23.5 Å². The van der Waals surface area contributed by atoms with E-state index in [1.54, 1.807) is 30.5 Å². The third kappa shape index (κ3) is 3.96. The van der Waals surface area contributed by atoms with Gasteiger partial charge in [0.15, 0.2) is 0 Å². The number of hydrogen-bond donors (Lipinski definition) is 1. The van der Waals surface area contributed by atoms with E-state index in [9.17, 15) is 9.59 Å². The number of nitriles is 1. The molecular weight excluding hydrogens is 402 g/mol. The van der Waals surface area contributed by atoms with E-state index in [1.165, 1.54) is 5.56 Å². The number of nitrogens with one attached hydrogen (secondary N) is 1. The lowest BCUT2D eigenvalue weighted by Gasteiger charge is -2.32. The average Bonchev–Trinajstić information content (AvgIpc) is 3.17. The second-order valence-electron chi connectivity index (χ2n) is 8.35. The molecule has 0 unspecified atom stereocenters. The molecule has 32 heavy (non-hydrogen) atoms. The largest absolute Gasteiger partial charge is 0.343 e. The van der Waals surface area contributed by atoms with Crippen molar-refractivity contribution in [3.63, 3.8) is 0 Å². The van der Waals surface area contributed by atoms with Gasteiger partial charge in [0.1, 0.15) is 5.65 Å². The molecule has 164 valence electrons. The van der Waals surface area contributed by atoms with Crippen molar-refractivity contribution in [2.45, 2.75) is 39.0 Å². The van der Waals surface area contributed by atoms with E-state index in [1.807, 2.05) is 30.4 Å². The summed E-state index contributed by atoms with van der Waals surface area (Å²) >= 11 is 0. The molecule has 4 rings (SSSR count). The number of carbonyl (C=O) groups is 2. The quantitative estimate of drug-likeness (QED) is 0.675. The van der Waals surface area contributed by atoms with E-state index < -0.39 is 0 Å². The SMILES string of the molecule is CCC(=O)N1CCC(c2cn(C)c3ncc(NC(=O)c4cccc(C#N)c4)c(C)c23)CC1. The fourth-order valence-corrected chi connectivity index (χ4v) is 4.56. The molecule has 0 aliphatic carbocycles. The first-order chi connectivity index (χ1) is 15.4. The zero-order valence-corrected chi connectivity index (χ0v) is 18.7. The summed E-state index contributed by atoms with van der Waals surface area (Å²) < 4.78 is 2.03. The van der Waals surface area contributed by atoms with Crippen molar-refractivity contribution in [2.24, 2.45) is 7.05 Å². The number of rotatable bonds is 4. The molecule has 0 saturated carbocycles. The summed E-state index contributed by atoms with van der Waals surface area (Å²) in [6.07, 6.45) is 6.20. The van der Waals surface area contributed by atoms with E-state index in [-0.39, 0.29) is 11.8 Å². The van der Waals surface area contributed by atoms with Gasteiger partial charge in [0.25, 0.3) is 5.91 Å². The molecule has 2 aromatic heterocycles. The van der Waals surface area contributed by atoms with Crippen LogP contribution >= 0.6 is 0 Å². The van der Waals surface area contributed by atoms with Crippen molar-refractivity contribution < 1.29 is 9.59 Å². The van der Waals surface area contributed by atoms with E-state index in [0.29, 0.717) is 29.2 Å². The molecular formula is C25H27N5O2. The van der Waals surface area contributed by atoms with Gasteiger partial charge in [0, 0.05) is 43.7 Å². The molecule has 0 atom stereocenters. The monoisotopic (exact) mass is 429 g/mol. The first kappa shape index (κ1) is 21.6. The molecule has 2 amide bonds. The van der Waals surface area contributed by atoms with Crippen LogP contribution in [0.5, 0.6) is 0 Å². The smallest absolute Gasteiger partial charge is 0.255 e. The number of carbonyl (C=O) groups excluding carboxylic acids is 2. The predicted molar refractivity (Wildman–Crippen MR) is 123 cm³/mol. The van der Waals surface area contributed by atoms with E-state index in [0.717, 1.165) is 42.5 Å². The van der Waals surface area contributed by atoms with Crippen LogP contribution in [0.4, 0.5) is 5.69 Å². The van der Waals surface area contributed by atoms with Crippen LogP contribution in [-0.4, -0.2) is 39.4 Å². The summed E-state index contributed by atoms with van der Waals surface area (Å²) in [6, 6.07) is 8.71. The third-order valence-corrected chi connectivity index (χ3v) is 6.37. The Hall–Kier alpha value is -3.66. The number of aromatic nitrogens is 2. The Morgan fingerprint density at radius 2 is 2.03 bits per heavy atom. The number of benzene rings is 1. The molecule has 1 aliphatic rings. The van der Waals surface area contributed by atoms with Gasteiger partial charge >= 0.3 is 0 Å². The third-order valence-electron chi connectivity index (χ3n) is 6.37. The molecule has 3 heterocycles. The molecule has 7 heteroatoms. The average molecular weight is 430 g/mol. The predicted octanol–water partition coefficient (Wildman–Crippen LogP) is 4.12. The highest BCUT2D eigenvalue weighted by Crippen LogP contribution is 2.37. The lowest BCUT2D eigenvalue weighted by Crippen LogP contribution is -2.37. The molecule has 1 fully saturated rings. The lowest BCUT2D eigenvalue weighted by atomic mass is 9.88. The molecule has 1 N–H and O–H groups in total. The topological polar surface area (TPSA) is 91.0 Å². The summed E-state index contributed by atoms with van der Waals surface area (Å²) in [5.74, 6) is 0.290. The molecule has 7 nitrogen and oxygen atoms in total. The zero-order chi connectivity index (χ0) is 22.8. The number of pyridine rings is 1. The van der Waals surface area contributed by atoms with Crippen LogP contribution < -0.4 is 5.32 Å². The number of piperidine rings is 1. The number of anilines is 1. The van der Waals surface area contributed by atoms with Crippen LogP contribution in [0.2, 0.25) is 0 Å². The number of hydrogen-bond acceptors (Lipinski definition) is 4. The van der Waals surface area contributed by atoms with Crippen molar-refractivity contribution in [1.29, 1.82) is 5.26 Å². The fraction of sp³-hybridized carbons (Fsp3) is 0.360. The molecule has 1 aromatic carbocycles. The highest BCUT2D eigenvalue weighted by atomic mass is 16.2. The Kier molecular flexibility index (Phi) is 5.95. The van der Waals surface area contributed by atoms with Crippen molar-refractivity contribution in [3.05, 3.63) is 58.9 Å². The van der Waals surface area contributed by atoms with Gasteiger partial charge in [-0.25, -0.2) is 4.98 Å². The molecule has 0 spiro atoms. The minimum atomic E-state index is -0.268. The summed E-state index contributed by atoms with van der Waals surface area (Å²) in [4.78, 5) is 31.4. The highest BCUT2D eigenvalue weighted by Gasteiger charge is 2.26. The molecule has 0 bridgehead atoms. The van der Waals surface area contributed by atoms with Crippen LogP contribution in [0.15, 0.2) is 36.7 Å². The number of fused-ring (bicyclic) bond motifs is 1. The highest BCUT2D eigenvalue weighted by molar-refractivity contribution is 6.06. The van der Waals surface area contributed by atoms with Crippen molar-refractivity contribution in [3.8, 4) is 6.07 Å². The maximum absolute atomic E-state index is 12.8. The molecule has 1 aliphatic heterocycles. The maximum atomic E-state index is 12.8. The first-order valence-electron chi connectivity index (χ1n) is 11.0. The van der Waals surface area contributed by atoms with Crippen LogP contribution in [0.3, 0.4) is 0 Å². The van der Waals surface area contributed by atoms with Crippen LogP contribution in [-0.2, 0) is 11.8 Å². The first-order valence-corrected chi connectivity index (χ1v) is 11.0. The molecule has 1 saturated heterocycles. The van der Waals surface area contributed by atoms with Gasteiger partial charge in [-0.3, -0.25) is 9.59 Å². The lowest BCUT2D eigenvalue weighted by molar-refractivity contribution is -0.131. The van der Waals surface area contributed by atoms with Gasteiger partial charge < -0.3 is 14.8 Å². The van der Waals surface area contributed by atoms with Gasteiger partial charge in [0.2, 0.25) is 5.91 Å². The summed E-state index contributed by atoms with van der Waals surface area (Å²) in [6.45, 7) is 5.45. The second kappa shape index (κ2) is 8.83. The van der Waals surface area contributed by atoms with E-state index in [2.05, 4.69) is 22.6 Å². The summed E-state index contributed by atoms with van der Waals surface area (Å²) in [5, 5.41) is 13.1. The standard InChI is InChI=1S/C25H27N5O2/c1-4-22(31)30-10-8-18(9-11-30)20-15-29(3)24-23(20)16(2)21(14-27-24)28-25(32)19-7-5-6-17(12-19)13-26/h5-7,12,14-15,18H,4,8-11H2,1-3H3,(H,28,32). The van der Waals surface area contributed by atoms with Gasteiger partial charge in [-0.1, -0.05) is 13.0 Å². The van der Waals surface area contributed by atoms with E-state index >= 15 is 0 Å². The zero-order valence-electron chi connectivity index (χ0n) is 18.7. The number of amides is 2. The maximum Gasteiger partial charge on any atom is 0.255 e. The van der Waals surface area contributed by atoms with Gasteiger partial charge in [-0.15, -0.1) is 0 Å². The minimum absolute atomic E-state index is 0.213. The Bertz CT molecular complexity index is 1230. The van der Waals surface area contributed by atoms with Crippen LogP contribution in [0.25, 0.3) is 11.0 Å². The Labute approximate surface area is 187 Å². The minimum Gasteiger partial charge on any atom is -0.343 e. The Morgan fingerprint density at radius 1 is 1.28 bits per heavy atom. The molecule has 3 aromatic rings. The van der Waals surface area contributed by atoms with E-state index in [4.69, 9.17) is 5.26 Å². The number of likely N-dealkylation sites (tertiary alicyclic amines) is 1. The van der Waals surface area contributed by atoms with Crippen molar-refractivity contribution >= 4 is 28.5 Å². The fourth-order valence-electron chi connectivity index (χ4n) is 4.56. The van der Waals surface area contributed by atoms with Crippen LogP contribution in [0, 0.1) is 18.3 Å². The molecule has 0 radical (unpaired) electrons.